The van der Waals surface area contributed by atoms with Crippen molar-refractivity contribution in [2.75, 3.05) is 26.9 Å². The molecule has 2 aromatic carbocycles. The highest BCUT2D eigenvalue weighted by Crippen LogP contribution is 2.15. The molecular formula is C18H18ClNO5. The molecule has 0 fully saturated rings. The molecule has 0 aliphatic carbocycles. The van der Waals surface area contributed by atoms with Crippen molar-refractivity contribution in [3.05, 3.63) is 59.1 Å². The van der Waals surface area contributed by atoms with E-state index in [1.807, 2.05) is 0 Å². The molecule has 2 aromatic rings. The number of rotatable bonds is 8. The van der Waals surface area contributed by atoms with Crippen LogP contribution in [-0.4, -0.2) is 38.7 Å². The molecule has 0 aromatic heterocycles. The highest BCUT2D eigenvalue weighted by Gasteiger charge is 2.10. The van der Waals surface area contributed by atoms with Crippen LogP contribution in [0.25, 0.3) is 0 Å². The Balaban J connectivity index is 1.64. The van der Waals surface area contributed by atoms with E-state index in [1.165, 1.54) is 7.11 Å². The van der Waals surface area contributed by atoms with E-state index < -0.39 is 11.9 Å². The molecule has 0 bridgehead atoms. The Morgan fingerprint density at radius 1 is 1.00 bits per heavy atom. The molecule has 0 unspecified atom stereocenters. The Hall–Kier alpha value is -2.73. The van der Waals surface area contributed by atoms with E-state index in [2.05, 4.69) is 5.32 Å². The average Bonchev–Trinajstić information content (AvgIpc) is 2.64. The molecule has 0 heterocycles. The predicted octanol–water partition coefficient (Wildman–Crippen LogP) is 2.70. The van der Waals surface area contributed by atoms with E-state index in [9.17, 15) is 9.59 Å². The summed E-state index contributed by atoms with van der Waals surface area (Å²) >= 11 is 5.77. The van der Waals surface area contributed by atoms with E-state index >= 15 is 0 Å². The van der Waals surface area contributed by atoms with Crippen LogP contribution in [0.4, 0.5) is 0 Å². The zero-order valence-electron chi connectivity index (χ0n) is 13.7. The molecular weight excluding hydrogens is 346 g/mol. The standard InChI is InChI=1S/C18H18ClNO5/c1-23-15-6-2-13(3-7-15)18(22)25-12-17(21)20-10-11-24-16-8-4-14(19)5-9-16/h2-9H,10-12H2,1H3,(H,20,21). The number of carbonyl (C=O) groups is 2. The summed E-state index contributed by atoms with van der Waals surface area (Å²) in [7, 11) is 1.54. The predicted molar refractivity (Wildman–Crippen MR) is 93.2 cm³/mol. The lowest BCUT2D eigenvalue weighted by Crippen LogP contribution is -2.32. The van der Waals surface area contributed by atoms with Crippen LogP contribution in [0.15, 0.2) is 48.5 Å². The molecule has 0 saturated carbocycles. The van der Waals surface area contributed by atoms with Gasteiger partial charge in [-0.3, -0.25) is 4.79 Å². The van der Waals surface area contributed by atoms with Crippen LogP contribution in [-0.2, 0) is 9.53 Å². The number of ether oxygens (including phenoxy) is 3. The van der Waals surface area contributed by atoms with Crippen molar-refractivity contribution in [2.45, 2.75) is 0 Å². The third-order valence-electron chi connectivity index (χ3n) is 3.17. The molecule has 132 valence electrons. The quantitative estimate of drug-likeness (QED) is 0.576. The molecule has 0 spiro atoms. The van der Waals surface area contributed by atoms with Crippen molar-refractivity contribution in [3.8, 4) is 11.5 Å². The highest BCUT2D eigenvalue weighted by molar-refractivity contribution is 6.30. The van der Waals surface area contributed by atoms with Gasteiger partial charge >= 0.3 is 5.97 Å². The zero-order valence-corrected chi connectivity index (χ0v) is 14.4. The zero-order chi connectivity index (χ0) is 18.1. The first-order valence-corrected chi connectivity index (χ1v) is 7.92. The maximum absolute atomic E-state index is 11.8. The minimum absolute atomic E-state index is 0.291. The summed E-state index contributed by atoms with van der Waals surface area (Å²) in [5.74, 6) is 0.316. The van der Waals surface area contributed by atoms with Crippen LogP contribution in [0.5, 0.6) is 11.5 Å². The lowest BCUT2D eigenvalue weighted by Gasteiger charge is -2.08. The van der Waals surface area contributed by atoms with Crippen LogP contribution >= 0.6 is 11.6 Å². The first-order valence-electron chi connectivity index (χ1n) is 7.55. The van der Waals surface area contributed by atoms with Crippen LogP contribution in [0.3, 0.4) is 0 Å². The summed E-state index contributed by atoms with van der Waals surface area (Å²) in [5.41, 5.74) is 0.347. The highest BCUT2D eigenvalue weighted by atomic mass is 35.5. The van der Waals surface area contributed by atoms with Crippen molar-refractivity contribution in [1.29, 1.82) is 0 Å². The van der Waals surface area contributed by atoms with Gasteiger partial charge in [-0.2, -0.15) is 0 Å². The Bertz CT molecular complexity index is 700. The molecule has 1 N–H and O–H groups in total. The molecule has 6 nitrogen and oxygen atoms in total. The first kappa shape index (κ1) is 18.6. The largest absolute Gasteiger partial charge is 0.497 e. The molecule has 1 amide bonds. The number of esters is 1. The number of hydrogen-bond acceptors (Lipinski definition) is 5. The van der Waals surface area contributed by atoms with Gasteiger partial charge in [-0.15, -0.1) is 0 Å². The molecule has 7 heteroatoms. The summed E-state index contributed by atoms with van der Waals surface area (Å²) in [6.45, 7) is 0.229. The van der Waals surface area contributed by atoms with E-state index in [0.29, 0.717) is 35.2 Å². The molecule has 0 atom stereocenters. The van der Waals surface area contributed by atoms with Crippen molar-refractivity contribution in [2.24, 2.45) is 0 Å². The third kappa shape index (κ3) is 6.35. The topological polar surface area (TPSA) is 73.9 Å². The van der Waals surface area contributed by atoms with Gasteiger partial charge in [0.05, 0.1) is 19.2 Å². The summed E-state index contributed by atoms with van der Waals surface area (Å²) in [5, 5.41) is 3.23. The second kappa shape index (κ2) is 9.54. The van der Waals surface area contributed by atoms with Gasteiger partial charge in [0.1, 0.15) is 18.1 Å². The molecule has 0 radical (unpaired) electrons. The molecule has 0 aliphatic heterocycles. The molecule has 0 aliphatic rings. The van der Waals surface area contributed by atoms with Gasteiger partial charge in [0.2, 0.25) is 0 Å². The number of amides is 1. The van der Waals surface area contributed by atoms with Crippen LogP contribution < -0.4 is 14.8 Å². The lowest BCUT2D eigenvalue weighted by atomic mass is 10.2. The average molecular weight is 364 g/mol. The van der Waals surface area contributed by atoms with Gasteiger partial charge in [0.25, 0.3) is 5.91 Å². The number of nitrogens with one attached hydrogen (secondary N) is 1. The second-order valence-electron chi connectivity index (χ2n) is 4.96. The van der Waals surface area contributed by atoms with E-state index in [-0.39, 0.29) is 6.61 Å². The van der Waals surface area contributed by atoms with Crippen LogP contribution in [0.1, 0.15) is 10.4 Å². The fourth-order valence-electron chi connectivity index (χ4n) is 1.88. The normalized spacial score (nSPS) is 10.0. The third-order valence-corrected chi connectivity index (χ3v) is 3.42. The summed E-state index contributed by atoms with van der Waals surface area (Å²) in [6.07, 6.45) is 0. The summed E-state index contributed by atoms with van der Waals surface area (Å²) < 4.78 is 15.4. The second-order valence-corrected chi connectivity index (χ2v) is 5.39. The van der Waals surface area contributed by atoms with Crippen molar-refractivity contribution < 1.29 is 23.8 Å². The minimum Gasteiger partial charge on any atom is -0.497 e. The maximum atomic E-state index is 11.8. The van der Waals surface area contributed by atoms with Gasteiger partial charge in [0.15, 0.2) is 6.61 Å². The first-order chi connectivity index (χ1) is 12.1. The maximum Gasteiger partial charge on any atom is 0.338 e. The Morgan fingerprint density at radius 2 is 1.64 bits per heavy atom. The lowest BCUT2D eigenvalue weighted by molar-refractivity contribution is -0.124. The summed E-state index contributed by atoms with van der Waals surface area (Å²) in [6, 6.07) is 13.3. The number of halogens is 1. The smallest absolute Gasteiger partial charge is 0.338 e. The van der Waals surface area contributed by atoms with Gasteiger partial charge in [-0.05, 0) is 48.5 Å². The minimum atomic E-state index is -0.574. The van der Waals surface area contributed by atoms with E-state index in [0.717, 1.165) is 0 Å². The van der Waals surface area contributed by atoms with Gasteiger partial charge < -0.3 is 19.5 Å². The van der Waals surface area contributed by atoms with E-state index in [1.54, 1.807) is 48.5 Å². The van der Waals surface area contributed by atoms with E-state index in [4.69, 9.17) is 25.8 Å². The Labute approximate surface area is 150 Å². The van der Waals surface area contributed by atoms with Gasteiger partial charge in [-0.1, -0.05) is 11.6 Å². The monoisotopic (exact) mass is 363 g/mol. The van der Waals surface area contributed by atoms with Crippen molar-refractivity contribution in [3.63, 3.8) is 0 Å². The number of benzene rings is 2. The Kier molecular flexibility index (Phi) is 7.10. The molecule has 0 saturated heterocycles. The van der Waals surface area contributed by atoms with Gasteiger partial charge in [-0.25, -0.2) is 4.79 Å². The number of methoxy groups -OCH3 is 1. The fraction of sp³-hybridized carbons (Fsp3) is 0.222. The number of hydrogen-bond donors (Lipinski definition) is 1. The van der Waals surface area contributed by atoms with Crippen LogP contribution in [0.2, 0.25) is 5.02 Å². The number of carbonyl (C=O) groups excluding carboxylic acids is 2. The van der Waals surface area contributed by atoms with Crippen molar-refractivity contribution >= 4 is 23.5 Å². The SMILES string of the molecule is COc1ccc(C(=O)OCC(=O)NCCOc2ccc(Cl)cc2)cc1. The molecule has 2 rings (SSSR count). The van der Waals surface area contributed by atoms with Crippen molar-refractivity contribution in [1.82, 2.24) is 5.32 Å². The fourth-order valence-corrected chi connectivity index (χ4v) is 2.01. The Morgan fingerprint density at radius 3 is 2.28 bits per heavy atom. The van der Waals surface area contributed by atoms with Gasteiger partial charge in [0, 0.05) is 5.02 Å². The van der Waals surface area contributed by atoms with Crippen LogP contribution in [0, 0.1) is 0 Å². The summed E-state index contributed by atoms with van der Waals surface area (Å²) in [4.78, 5) is 23.5. The molecule has 25 heavy (non-hydrogen) atoms.